The Bertz CT molecular complexity index is 579. The Kier molecular flexibility index (Phi) is 7.39. The van der Waals surface area contributed by atoms with Crippen molar-refractivity contribution in [3.05, 3.63) is 27.7 Å². The fourth-order valence-corrected chi connectivity index (χ4v) is 3.71. The van der Waals surface area contributed by atoms with E-state index < -0.39 is 10.0 Å². The number of nitrogens with zero attached hydrogens (tertiary/aromatic N) is 1. The maximum Gasteiger partial charge on any atom is 0.244 e. The van der Waals surface area contributed by atoms with Crippen LogP contribution < -0.4 is 5.32 Å². The molecule has 0 amide bonds. The lowest BCUT2D eigenvalue weighted by Crippen LogP contribution is -2.30. The van der Waals surface area contributed by atoms with Gasteiger partial charge in [0.2, 0.25) is 10.0 Å². The van der Waals surface area contributed by atoms with Crippen LogP contribution in [0, 0.1) is 0 Å². The number of rotatable bonds is 8. The molecule has 5 nitrogen and oxygen atoms in total. The number of nitrogens with one attached hydrogen (secondary N) is 1. The van der Waals surface area contributed by atoms with Crippen molar-refractivity contribution in [2.75, 3.05) is 33.9 Å². The molecule has 1 aromatic carbocycles. The highest BCUT2D eigenvalue weighted by atomic mass is 35.5. The number of sulfonamides is 1. The first kappa shape index (κ1) is 18.7. The average molecular weight is 355 g/mol. The average Bonchev–Trinajstić information content (AvgIpc) is 2.41. The molecule has 0 saturated carbocycles. The third-order valence-corrected chi connectivity index (χ3v) is 5.58. The molecule has 0 atom stereocenters. The van der Waals surface area contributed by atoms with Crippen molar-refractivity contribution < 1.29 is 13.2 Å². The number of halogens is 2. The summed E-state index contributed by atoms with van der Waals surface area (Å²) < 4.78 is 31.5. The molecule has 0 aliphatic carbocycles. The molecule has 0 saturated heterocycles. The van der Waals surface area contributed by atoms with Crippen LogP contribution in [0.25, 0.3) is 0 Å². The lowest BCUT2D eigenvalue weighted by atomic mass is 10.2. The molecule has 0 spiro atoms. The zero-order chi connectivity index (χ0) is 16.0. The molecule has 0 aliphatic heterocycles. The summed E-state index contributed by atoms with van der Waals surface area (Å²) in [6, 6.07) is 2.97. The van der Waals surface area contributed by atoms with Gasteiger partial charge in [0.25, 0.3) is 0 Å². The number of hydrogen-bond acceptors (Lipinski definition) is 4. The molecule has 120 valence electrons. The Morgan fingerprint density at radius 3 is 2.52 bits per heavy atom. The van der Waals surface area contributed by atoms with E-state index in [1.54, 1.807) is 7.05 Å². The summed E-state index contributed by atoms with van der Waals surface area (Å²) in [4.78, 5) is 0.0535. The van der Waals surface area contributed by atoms with Crippen molar-refractivity contribution in [1.82, 2.24) is 9.62 Å². The summed E-state index contributed by atoms with van der Waals surface area (Å²) in [7, 11) is -0.418. The maximum absolute atomic E-state index is 12.5. The highest BCUT2D eigenvalue weighted by Crippen LogP contribution is 2.30. The summed E-state index contributed by atoms with van der Waals surface area (Å²) in [5, 5.41) is 3.49. The van der Waals surface area contributed by atoms with Gasteiger partial charge < -0.3 is 10.1 Å². The highest BCUT2D eigenvalue weighted by molar-refractivity contribution is 7.89. The van der Waals surface area contributed by atoms with E-state index in [9.17, 15) is 8.42 Å². The van der Waals surface area contributed by atoms with Crippen molar-refractivity contribution >= 4 is 33.2 Å². The van der Waals surface area contributed by atoms with Gasteiger partial charge in [-0.2, -0.15) is 4.31 Å². The lowest BCUT2D eigenvalue weighted by Gasteiger charge is -2.19. The normalized spacial score (nSPS) is 12.1. The Labute approximate surface area is 136 Å². The Balaban J connectivity index is 3.09. The summed E-state index contributed by atoms with van der Waals surface area (Å²) in [6.07, 6.45) is 0. The number of ether oxygens (including phenoxy) is 1. The molecular weight excluding hydrogens is 335 g/mol. The molecule has 0 heterocycles. The van der Waals surface area contributed by atoms with Gasteiger partial charge in [-0.1, -0.05) is 23.2 Å². The summed E-state index contributed by atoms with van der Waals surface area (Å²) in [5.74, 6) is 0. The van der Waals surface area contributed by atoms with Gasteiger partial charge in [0, 0.05) is 31.8 Å². The topological polar surface area (TPSA) is 58.6 Å². The molecule has 0 bridgehead atoms. The molecule has 8 heteroatoms. The second-order valence-corrected chi connectivity index (χ2v) is 7.26. The van der Waals surface area contributed by atoms with Crippen LogP contribution in [0.2, 0.25) is 10.0 Å². The molecule has 0 radical (unpaired) electrons. The van der Waals surface area contributed by atoms with Crippen molar-refractivity contribution in [3.63, 3.8) is 0 Å². The molecule has 0 aromatic heterocycles. The monoisotopic (exact) mass is 354 g/mol. The molecule has 0 fully saturated rings. The molecule has 1 N–H and O–H groups in total. The summed E-state index contributed by atoms with van der Waals surface area (Å²) >= 11 is 12.1. The lowest BCUT2D eigenvalue weighted by molar-refractivity contribution is 0.138. The van der Waals surface area contributed by atoms with Gasteiger partial charge in [-0.25, -0.2) is 8.42 Å². The van der Waals surface area contributed by atoms with Crippen LogP contribution in [0.15, 0.2) is 17.0 Å². The minimum atomic E-state index is -3.67. The number of likely N-dealkylation sites (N-methyl/N-ethyl adjacent to an activating group) is 1. The van der Waals surface area contributed by atoms with Crippen molar-refractivity contribution in [2.45, 2.75) is 18.4 Å². The third-order valence-electron chi connectivity index (χ3n) is 2.91. The van der Waals surface area contributed by atoms with E-state index in [2.05, 4.69) is 5.32 Å². The van der Waals surface area contributed by atoms with Crippen molar-refractivity contribution in [1.29, 1.82) is 0 Å². The number of hydrogen-bond donors (Lipinski definition) is 1. The fraction of sp³-hybridized carbons (Fsp3) is 0.538. The second-order valence-electron chi connectivity index (χ2n) is 4.43. The molecule has 21 heavy (non-hydrogen) atoms. The highest BCUT2D eigenvalue weighted by Gasteiger charge is 2.24. The van der Waals surface area contributed by atoms with E-state index in [0.29, 0.717) is 30.3 Å². The van der Waals surface area contributed by atoms with Crippen LogP contribution in [0.1, 0.15) is 12.5 Å². The molecule has 1 rings (SSSR count). The molecule has 0 unspecified atom stereocenters. The number of benzene rings is 1. The van der Waals surface area contributed by atoms with Gasteiger partial charge in [0.05, 0.1) is 11.6 Å². The van der Waals surface area contributed by atoms with Crippen LogP contribution in [-0.2, 0) is 21.3 Å². The zero-order valence-electron chi connectivity index (χ0n) is 12.3. The van der Waals surface area contributed by atoms with Crippen molar-refractivity contribution in [2.24, 2.45) is 0 Å². The fourth-order valence-electron chi connectivity index (χ4n) is 1.72. The quantitative estimate of drug-likeness (QED) is 0.728. The van der Waals surface area contributed by atoms with E-state index in [0.717, 1.165) is 0 Å². The second kappa shape index (κ2) is 8.31. The Morgan fingerprint density at radius 1 is 1.29 bits per heavy atom. The molecule has 0 aliphatic rings. The van der Waals surface area contributed by atoms with Gasteiger partial charge in [-0.15, -0.1) is 0 Å². The smallest absolute Gasteiger partial charge is 0.244 e. The van der Waals surface area contributed by atoms with E-state index >= 15 is 0 Å². The summed E-state index contributed by atoms with van der Waals surface area (Å²) in [6.45, 7) is 3.45. The van der Waals surface area contributed by atoms with Crippen LogP contribution in [0.5, 0.6) is 0 Å². The molecule has 1 aromatic rings. The van der Waals surface area contributed by atoms with Crippen LogP contribution in [0.3, 0.4) is 0 Å². The zero-order valence-corrected chi connectivity index (χ0v) is 14.6. The first-order valence-corrected chi connectivity index (χ1v) is 8.70. The first-order valence-electron chi connectivity index (χ1n) is 6.51. The van der Waals surface area contributed by atoms with Gasteiger partial charge in [0.15, 0.2) is 0 Å². The molecular formula is C13H20Cl2N2O3S. The van der Waals surface area contributed by atoms with Crippen LogP contribution in [-0.4, -0.2) is 46.6 Å². The van der Waals surface area contributed by atoms with E-state index in [1.165, 1.54) is 23.5 Å². The van der Waals surface area contributed by atoms with E-state index in [-0.39, 0.29) is 16.5 Å². The van der Waals surface area contributed by atoms with Gasteiger partial charge in [0.1, 0.15) is 4.90 Å². The predicted octanol–water partition coefficient (Wildman–Crippen LogP) is 2.37. The van der Waals surface area contributed by atoms with Crippen LogP contribution >= 0.6 is 23.2 Å². The van der Waals surface area contributed by atoms with Gasteiger partial charge >= 0.3 is 0 Å². The Hall–Kier alpha value is -0.370. The SMILES string of the molecule is CCOCCN(C)S(=O)(=O)c1cc(CNC)c(Cl)cc1Cl. The van der Waals surface area contributed by atoms with Crippen molar-refractivity contribution in [3.8, 4) is 0 Å². The van der Waals surface area contributed by atoms with Crippen LogP contribution in [0.4, 0.5) is 0 Å². The van der Waals surface area contributed by atoms with E-state index in [1.807, 2.05) is 6.92 Å². The van der Waals surface area contributed by atoms with E-state index in [4.69, 9.17) is 27.9 Å². The maximum atomic E-state index is 12.5. The summed E-state index contributed by atoms with van der Waals surface area (Å²) in [5.41, 5.74) is 0.681. The van der Waals surface area contributed by atoms with Gasteiger partial charge in [-0.05, 0) is 31.7 Å². The largest absolute Gasteiger partial charge is 0.380 e. The first-order chi connectivity index (χ1) is 9.84. The standard InChI is InChI=1S/C13H20Cl2N2O3S/c1-4-20-6-5-17(3)21(18,19)13-7-10(9-16-2)11(14)8-12(13)15/h7-8,16H,4-6,9H2,1-3H3. The third kappa shape index (κ3) is 4.81. The predicted molar refractivity (Wildman–Crippen MR) is 85.5 cm³/mol. The Morgan fingerprint density at radius 2 is 1.95 bits per heavy atom. The minimum absolute atomic E-state index is 0.0535. The van der Waals surface area contributed by atoms with Gasteiger partial charge in [-0.3, -0.25) is 0 Å². The minimum Gasteiger partial charge on any atom is -0.380 e.